The molecule has 1 aliphatic carbocycles. The molecular formula is C15H30N2O2. The largest absolute Gasteiger partial charge is 0.396 e. The van der Waals surface area contributed by atoms with Crippen LogP contribution in [0, 0.1) is 5.41 Å². The summed E-state index contributed by atoms with van der Waals surface area (Å²) in [5, 5.41) is 13.0. The number of nitrogens with one attached hydrogen (secondary N) is 1. The van der Waals surface area contributed by atoms with Gasteiger partial charge in [0.2, 0.25) is 5.91 Å². The Bertz CT molecular complexity index is 259. The van der Waals surface area contributed by atoms with Crippen LogP contribution in [0.4, 0.5) is 0 Å². The lowest BCUT2D eigenvalue weighted by Gasteiger charge is -2.35. The zero-order valence-electron chi connectivity index (χ0n) is 12.6. The third-order valence-corrected chi connectivity index (χ3v) is 4.38. The van der Waals surface area contributed by atoms with Gasteiger partial charge < -0.3 is 15.3 Å². The van der Waals surface area contributed by atoms with E-state index in [-0.39, 0.29) is 17.9 Å². The average Bonchev–Trinajstić information content (AvgIpc) is 2.46. The van der Waals surface area contributed by atoms with Crippen molar-refractivity contribution in [1.82, 2.24) is 10.2 Å². The second kappa shape index (κ2) is 8.54. The lowest BCUT2D eigenvalue weighted by molar-refractivity contribution is -0.130. The van der Waals surface area contributed by atoms with E-state index in [2.05, 4.69) is 5.32 Å². The summed E-state index contributed by atoms with van der Waals surface area (Å²) >= 11 is 0. The van der Waals surface area contributed by atoms with Gasteiger partial charge in [0.25, 0.3) is 0 Å². The van der Waals surface area contributed by atoms with Crippen molar-refractivity contribution in [2.75, 3.05) is 32.8 Å². The van der Waals surface area contributed by atoms with Gasteiger partial charge in [-0.2, -0.15) is 0 Å². The monoisotopic (exact) mass is 270 g/mol. The Kier molecular flexibility index (Phi) is 7.39. The molecule has 0 aliphatic heterocycles. The number of aliphatic hydroxyl groups excluding tert-OH is 1. The Labute approximate surface area is 117 Å². The first-order chi connectivity index (χ1) is 9.17. The summed E-state index contributed by atoms with van der Waals surface area (Å²) in [6.07, 6.45) is 6.52. The van der Waals surface area contributed by atoms with Gasteiger partial charge >= 0.3 is 0 Å². The number of hydrogen-bond acceptors (Lipinski definition) is 3. The summed E-state index contributed by atoms with van der Waals surface area (Å²) < 4.78 is 0. The van der Waals surface area contributed by atoms with Gasteiger partial charge in [-0.3, -0.25) is 4.79 Å². The van der Waals surface area contributed by atoms with Gasteiger partial charge in [-0.1, -0.05) is 19.3 Å². The van der Waals surface area contributed by atoms with Crippen LogP contribution in [0.3, 0.4) is 0 Å². The summed E-state index contributed by atoms with van der Waals surface area (Å²) in [7, 11) is 0. The van der Waals surface area contributed by atoms with Crippen molar-refractivity contribution in [3.8, 4) is 0 Å². The predicted molar refractivity (Wildman–Crippen MR) is 78.0 cm³/mol. The normalized spacial score (nSPS) is 18.3. The van der Waals surface area contributed by atoms with E-state index in [1.807, 2.05) is 18.7 Å². The SMILES string of the molecule is CCN(CC)C(=O)CCNCC1(CO)CCCCC1. The fraction of sp³-hybridized carbons (Fsp3) is 0.933. The first-order valence-corrected chi connectivity index (χ1v) is 7.77. The number of aliphatic hydroxyl groups is 1. The molecule has 1 amide bonds. The molecule has 19 heavy (non-hydrogen) atoms. The third-order valence-electron chi connectivity index (χ3n) is 4.38. The van der Waals surface area contributed by atoms with Crippen molar-refractivity contribution in [2.45, 2.75) is 52.4 Å². The molecule has 0 aromatic rings. The molecule has 0 aromatic heterocycles. The van der Waals surface area contributed by atoms with Gasteiger partial charge in [0, 0.05) is 44.6 Å². The van der Waals surface area contributed by atoms with Gasteiger partial charge in [-0.25, -0.2) is 0 Å². The summed E-state index contributed by atoms with van der Waals surface area (Å²) in [6, 6.07) is 0. The van der Waals surface area contributed by atoms with Gasteiger partial charge in [-0.05, 0) is 26.7 Å². The molecule has 0 unspecified atom stereocenters. The number of carbonyl (C=O) groups excluding carboxylic acids is 1. The van der Waals surface area contributed by atoms with Crippen LogP contribution in [0.1, 0.15) is 52.4 Å². The van der Waals surface area contributed by atoms with Crippen LogP contribution in [-0.4, -0.2) is 48.7 Å². The first kappa shape index (κ1) is 16.4. The maximum absolute atomic E-state index is 11.8. The minimum atomic E-state index is 0.0660. The van der Waals surface area contributed by atoms with Gasteiger partial charge in [0.15, 0.2) is 0 Å². The molecule has 0 heterocycles. The first-order valence-electron chi connectivity index (χ1n) is 7.77. The van der Waals surface area contributed by atoms with E-state index in [4.69, 9.17) is 0 Å². The highest BCUT2D eigenvalue weighted by molar-refractivity contribution is 5.76. The molecule has 1 rings (SSSR count). The van der Waals surface area contributed by atoms with Crippen molar-refractivity contribution in [1.29, 1.82) is 0 Å². The number of amides is 1. The highest BCUT2D eigenvalue weighted by Crippen LogP contribution is 2.35. The number of carbonyl (C=O) groups is 1. The Balaban J connectivity index is 2.23. The highest BCUT2D eigenvalue weighted by atomic mass is 16.3. The number of hydrogen-bond donors (Lipinski definition) is 2. The summed E-state index contributed by atoms with van der Waals surface area (Å²) in [6.45, 7) is 7.43. The van der Waals surface area contributed by atoms with E-state index in [0.29, 0.717) is 6.42 Å². The standard InChI is InChI=1S/C15H30N2O2/c1-3-17(4-2)14(19)8-11-16-12-15(13-18)9-6-5-7-10-15/h16,18H,3-13H2,1-2H3. The lowest BCUT2D eigenvalue weighted by Crippen LogP contribution is -2.40. The van der Waals surface area contributed by atoms with Crippen LogP contribution in [0.5, 0.6) is 0 Å². The zero-order chi connectivity index (χ0) is 14.1. The molecule has 0 radical (unpaired) electrons. The maximum Gasteiger partial charge on any atom is 0.223 e. The van der Waals surface area contributed by atoms with Crippen LogP contribution in [0.25, 0.3) is 0 Å². The van der Waals surface area contributed by atoms with Crippen molar-refractivity contribution in [3.05, 3.63) is 0 Å². The molecule has 1 saturated carbocycles. The average molecular weight is 270 g/mol. The Morgan fingerprint density at radius 3 is 2.37 bits per heavy atom. The molecule has 1 aliphatic rings. The minimum absolute atomic E-state index is 0.0660. The molecule has 1 fully saturated rings. The molecule has 4 heteroatoms. The smallest absolute Gasteiger partial charge is 0.223 e. The van der Waals surface area contributed by atoms with Gasteiger partial charge in [0.1, 0.15) is 0 Å². The van der Waals surface area contributed by atoms with E-state index in [0.717, 1.165) is 39.0 Å². The van der Waals surface area contributed by atoms with E-state index in [1.54, 1.807) is 0 Å². The lowest BCUT2D eigenvalue weighted by atomic mass is 9.74. The molecule has 4 nitrogen and oxygen atoms in total. The number of rotatable bonds is 8. The van der Waals surface area contributed by atoms with E-state index >= 15 is 0 Å². The summed E-state index contributed by atoms with van der Waals surface area (Å²) in [4.78, 5) is 13.7. The Hall–Kier alpha value is -0.610. The van der Waals surface area contributed by atoms with Crippen molar-refractivity contribution < 1.29 is 9.90 Å². The zero-order valence-corrected chi connectivity index (χ0v) is 12.6. The van der Waals surface area contributed by atoms with Crippen LogP contribution in [-0.2, 0) is 4.79 Å². The fourth-order valence-electron chi connectivity index (χ4n) is 2.98. The van der Waals surface area contributed by atoms with E-state index in [1.165, 1.54) is 19.3 Å². The van der Waals surface area contributed by atoms with Crippen LogP contribution in [0.15, 0.2) is 0 Å². The van der Waals surface area contributed by atoms with E-state index in [9.17, 15) is 9.90 Å². The molecule has 112 valence electrons. The molecule has 0 bridgehead atoms. The minimum Gasteiger partial charge on any atom is -0.396 e. The highest BCUT2D eigenvalue weighted by Gasteiger charge is 2.30. The van der Waals surface area contributed by atoms with Crippen molar-refractivity contribution in [3.63, 3.8) is 0 Å². The Morgan fingerprint density at radius 2 is 1.84 bits per heavy atom. The third kappa shape index (κ3) is 5.11. The quantitative estimate of drug-likeness (QED) is 0.661. The molecule has 0 spiro atoms. The molecule has 0 aromatic carbocycles. The summed E-state index contributed by atoms with van der Waals surface area (Å²) in [5.41, 5.74) is 0.0660. The molecule has 2 N–H and O–H groups in total. The van der Waals surface area contributed by atoms with Crippen molar-refractivity contribution >= 4 is 5.91 Å². The Morgan fingerprint density at radius 1 is 1.21 bits per heavy atom. The van der Waals surface area contributed by atoms with Gasteiger partial charge in [-0.15, -0.1) is 0 Å². The second-order valence-corrected chi connectivity index (χ2v) is 5.71. The predicted octanol–water partition coefficient (Wildman–Crippen LogP) is 1.78. The van der Waals surface area contributed by atoms with E-state index < -0.39 is 0 Å². The fourth-order valence-corrected chi connectivity index (χ4v) is 2.98. The van der Waals surface area contributed by atoms with Crippen LogP contribution in [0.2, 0.25) is 0 Å². The second-order valence-electron chi connectivity index (χ2n) is 5.71. The molecule has 0 saturated heterocycles. The van der Waals surface area contributed by atoms with Crippen molar-refractivity contribution in [2.24, 2.45) is 5.41 Å². The maximum atomic E-state index is 11.8. The van der Waals surface area contributed by atoms with Crippen LogP contribution >= 0.6 is 0 Å². The topological polar surface area (TPSA) is 52.6 Å². The molecule has 0 atom stereocenters. The molecular weight excluding hydrogens is 240 g/mol. The van der Waals surface area contributed by atoms with Crippen LogP contribution < -0.4 is 5.32 Å². The van der Waals surface area contributed by atoms with Gasteiger partial charge in [0.05, 0.1) is 0 Å². The summed E-state index contributed by atoms with van der Waals surface area (Å²) in [5.74, 6) is 0.221. The number of nitrogens with zero attached hydrogens (tertiary/aromatic N) is 1.